The number of aryl methyl sites for hydroxylation is 1. The second-order valence-electron chi connectivity index (χ2n) is 5.10. The van der Waals surface area contributed by atoms with E-state index >= 15 is 0 Å². The summed E-state index contributed by atoms with van der Waals surface area (Å²) in [5.41, 5.74) is 2.74. The Labute approximate surface area is 119 Å². The first-order chi connectivity index (χ1) is 9.83. The molecule has 1 aromatic carbocycles. The van der Waals surface area contributed by atoms with Crippen molar-refractivity contribution < 1.29 is 4.74 Å². The maximum atomic E-state index is 5.86. The van der Waals surface area contributed by atoms with Gasteiger partial charge in [-0.1, -0.05) is 24.3 Å². The Morgan fingerprint density at radius 1 is 1.40 bits per heavy atom. The molecule has 0 saturated heterocycles. The van der Waals surface area contributed by atoms with Crippen LogP contribution in [-0.4, -0.2) is 34.5 Å². The molecular formula is C15H20N4O. The second kappa shape index (κ2) is 6.15. The number of benzene rings is 1. The topological polar surface area (TPSA) is 52.0 Å². The van der Waals surface area contributed by atoms with E-state index in [4.69, 9.17) is 4.74 Å². The predicted octanol–water partition coefficient (Wildman–Crippen LogP) is 1.26. The van der Waals surface area contributed by atoms with Crippen molar-refractivity contribution in [3.8, 4) is 0 Å². The Morgan fingerprint density at radius 2 is 2.30 bits per heavy atom. The fourth-order valence-electron chi connectivity index (χ4n) is 2.58. The lowest BCUT2D eigenvalue weighted by atomic mass is 9.97. The molecule has 0 amide bonds. The number of rotatable bonds is 5. The highest BCUT2D eigenvalue weighted by molar-refractivity contribution is 5.31. The quantitative estimate of drug-likeness (QED) is 0.833. The minimum atomic E-state index is 0.164. The normalized spacial score (nSPS) is 17.9. The fraction of sp³-hybridized carbons (Fsp3) is 0.467. The first kappa shape index (κ1) is 13.3. The molecule has 0 fully saturated rings. The molecule has 5 nitrogen and oxygen atoms in total. The van der Waals surface area contributed by atoms with E-state index < -0.39 is 0 Å². The van der Waals surface area contributed by atoms with Crippen molar-refractivity contribution in [3.63, 3.8) is 0 Å². The number of nitrogens with one attached hydrogen (secondary N) is 1. The molecule has 0 radical (unpaired) electrons. The van der Waals surface area contributed by atoms with E-state index in [9.17, 15) is 0 Å². The number of hydrogen-bond acceptors (Lipinski definition) is 4. The van der Waals surface area contributed by atoms with E-state index in [1.54, 1.807) is 11.0 Å². The lowest BCUT2D eigenvalue weighted by Crippen LogP contribution is -2.29. The van der Waals surface area contributed by atoms with Crippen molar-refractivity contribution in [2.24, 2.45) is 7.05 Å². The summed E-state index contributed by atoms with van der Waals surface area (Å²) >= 11 is 0. The smallest absolute Gasteiger partial charge is 0.151 e. The van der Waals surface area contributed by atoms with E-state index in [-0.39, 0.29) is 6.10 Å². The van der Waals surface area contributed by atoms with Crippen LogP contribution in [0.3, 0.4) is 0 Å². The Bertz CT molecular complexity index is 567. The summed E-state index contributed by atoms with van der Waals surface area (Å²) < 4.78 is 7.59. The molecule has 1 aliphatic rings. The van der Waals surface area contributed by atoms with Crippen LogP contribution in [0.4, 0.5) is 0 Å². The van der Waals surface area contributed by atoms with Gasteiger partial charge in [-0.15, -0.1) is 0 Å². The largest absolute Gasteiger partial charge is 0.372 e. The highest BCUT2D eigenvalue weighted by Crippen LogP contribution is 2.25. The van der Waals surface area contributed by atoms with Crippen LogP contribution in [0.2, 0.25) is 0 Å². The molecule has 3 rings (SSSR count). The van der Waals surface area contributed by atoms with Crippen LogP contribution in [0, 0.1) is 0 Å². The Hall–Kier alpha value is -1.72. The fourth-order valence-corrected chi connectivity index (χ4v) is 2.58. The van der Waals surface area contributed by atoms with Crippen molar-refractivity contribution in [2.45, 2.75) is 18.9 Å². The first-order valence-electron chi connectivity index (χ1n) is 7.07. The molecule has 2 aromatic rings. The van der Waals surface area contributed by atoms with Gasteiger partial charge in [0.1, 0.15) is 6.33 Å². The van der Waals surface area contributed by atoms with E-state index in [1.165, 1.54) is 11.1 Å². The molecule has 1 unspecified atom stereocenters. The van der Waals surface area contributed by atoms with Gasteiger partial charge in [-0.3, -0.25) is 4.68 Å². The summed E-state index contributed by atoms with van der Waals surface area (Å²) in [6.45, 7) is 2.51. The van der Waals surface area contributed by atoms with Gasteiger partial charge in [0.25, 0.3) is 0 Å². The van der Waals surface area contributed by atoms with Crippen molar-refractivity contribution in [1.29, 1.82) is 0 Å². The van der Waals surface area contributed by atoms with E-state index in [1.807, 2.05) is 7.05 Å². The number of aromatic nitrogens is 3. The van der Waals surface area contributed by atoms with Gasteiger partial charge in [0.15, 0.2) is 5.82 Å². The van der Waals surface area contributed by atoms with Gasteiger partial charge in [-0.05, 0) is 17.5 Å². The summed E-state index contributed by atoms with van der Waals surface area (Å²) in [4.78, 5) is 4.22. The molecule has 0 spiro atoms. The molecule has 5 heteroatoms. The van der Waals surface area contributed by atoms with Crippen LogP contribution in [0.1, 0.15) is 23.1 Å². The first-order valence-corrected chi connectivity index (χ1v) is 7.07. The molecule has 0 aliphatic carbocycles. The van der Waals surface area contributed by atoms with E-state index in [2.05, 4.69) is 39.7 Å². The van der Waals surface area contributed by atoms with Crippen molar-refractivity contribution in [2.75, 3.05) is 19.7 Å². The molecule has 2 heterocycles. The van der Waals surface area contributed by atoms with Crippen LogP contribution in [-0.2, 0) is 24.6 Å². The third-order valence-electron chi connectivity index (χ3n) is 3.59. The number of hydrogen-bond donors (Lipinski definition) is 1. The van der Waals surface area contributed by atoms with Gasteiger partial charge in [0.05, 0.1) is 12.7 Å². The monoisotopic (exact) mass is 272 g/mol. The van der Waals surface area contributed by atoms with Crippen molar-refractivity contribution in [3.05, 3.63) is 47.5 Å². The van der Waals surface area contributed by atoms with Gasteiger partial charge >= 0.3 is 0 Å². The Morgan fingerprint density at radius 3 is 3.15 bits per heavy atom. The number of ether oxygens (including phenoxy) is 1. The molecular weight excluding hydrogens is 252 g/mol. The zero-order valence-electron chi connectivity index (χ0n) is 11.7. The second-order valence-corrected chi connectivity index (χ2v) is 5.10. The van der Waals surface area contributed by atoms with Crippen LogP contribution < -0.4 is 5.32 Å². The van der Waals surface area contributed by atoms with Gasteiger partial charge in [-0.2, -0.15) is 5.10 Å². The lowest BCUT2D eigenvalue weighted by Gasteiger charge is -2.26. The van der Waals surface area contributed by atoms with Gasteiger partial charge in [0.2, 0.25) is 0 Å². The molecule has 1 N–H and O–H groups in total. The minimum Gasteiger partial charge on any atom is -0.372 e. The van der Waals surface area contributed by atoms with Crippen molar-refractivity contribution in [1.82, 2.24) is 20.1 Å². The highest BCUT2D eigenvalue weighted by atomic mass is 16.5. The summed E-state index contributed by atoms with van der Waals surface area (Å²) in [5, 5.41) is 7.70. The third-order valence-corrected chi connectivity index (χ3v) is 3.59. The average Bonchev–Trinajstić information content (AvgIpc) is 2.89. The summed E-state index contributed by atoms with van der Waals surface area (Å²) in [6.07, 6.45) is 3.76. The molecule has 1 aromatic heterocycles. The third kappa shape index (κ3) is 3.05. The van der Waals surface area contributed by atoms with Crippen molar-refractivity contribution >= 4 is 0 Å². The number of nitrogens with zero attached hydrogens (tertiary/aromatic N) is 3. The number of fused-ring (bicyclic) bond motifs is 1. The van der Waals surface area contributed by atoms with Gasteiger partial charge in [0, 0.05) is 26.6 Å². The molecule has 0 saturated carbocycles. The van der Waals surface area contributed by atoms with Gasteiger partial charge in [-0.25, -0.2) is 4.98 Å². The average molecular weight is 272 g/mol. The van der Waals surface area contributed by atoms with Crippen LogP contribution in [0.25, 0.3) is 0 Å². The zero-order chi connectivity index (χ0) is 13.8. The van der Waals surface area contributed by atoms with Crippen LogP contribution in [0.15, 0.2) is 30.6 Å². The van der Waals surface area contributed by atoms with E-state index in [0.717, 1.165) is 38.4 Å². The minimum absolute atomic E-state index is 0.164. The highest BCUT2D eigenvalue weighted by Gasteiger charge is 2.19. The Balaban J connectivity index is 1.50. The Kier molecular flexibility index (Phi) is 4.08. The summed E-state index contributed by atoms with van der Waals surface area (Å²) in [5.74, 6) is 0.880. The van der Waals surface area contributed by atoms with Gasteiger partial charge < -0.3 is 10.1 Å². The summed E-state index contributed by atoms with van der Waals surface area (Å²) in [6, 6.07) is 8.55. The molecule has 106 valence electrons. The van der Waals surface area contributed by atoms with Crippen LogP contribution >= 0.6 is 0 Å². The zero-order valence-corrected chi connectivity index (χ0v) is 11.7. The standard InChI is InChI=1S/C15H20N4O/c1-19-11-17-15(18-19)6-8-16-10-14-13-5-3-2-4-12(13)7-9-20-14/h2-5,11,14,16H,6-10H2,1H3. The SMILES string of the molecule is Cn1cnc(CCNCC2OCCc3ccccc32)n1. The molecule has 1 aliphatic heterocycles. The molecule has 1 atom stereocenters. The lowest BCUT2D eigenvalue weighted by molar-refractivity contribution is 0.0427. The predicted molar refractivity (Wildman–Crippen MR) is 76.4 cm³/mol. The molecule has 0 bridgehead atoms. The maximum Gasteiger partial charge on any atom is 0.151 e. The maximum absolute atomic E-state index is 5.86. The molecule has 20 heavy (non-hydrogen) atoms. The van der Waals surface area contributed by atoms with E-state index in [0.29, 0.717) is 0 Å². The summed E-state index contributed by atoms with van der Waals surface area (Å²) in [7, 11) is 1.89. The van der Waals surface area contributed by atoms with Crippen LogP contribution in [0.5, 0.6) is 0 Å².